The first-order valence-electron chi connectivity index (χ1n) is 13.1. The fraction of sp³-hybridized carbons (Fsp3) is 0.690. The van der Waals surface area contributed by atoms with E-state index in [9.17, 15) is 24.6 Å². The number of fused-ring (bicyclic) bond motifs is 5. The van der Waals surface area contributed by atoms with Gasteiger partial charge < -0.3 is 19.7 Å². The summed E-state index contributed by atoms with van der Waals surface area (Å²) in [5.74, 6) is -2.99. The van der Waals surface area contributed by atoms with Gasteiger partial charge in [0.15, 0.2) is 5.78 Å². The first-order chi connectivity index (χ1) is 16.7. The minimum atomic E-state index is -1.86. The molecule has 1 unspecified atom stereocenters. The zero-order chi connectivity index (χ0) is 26.8. The van der Waals surface area contributed by atoms with Gasteiger partial charge in [-0.05, 0) is 49.7 Å². The van der Waals surface area contributed by atoms with Gasteiger partial charge >= 0.3 is 11.9 Å². The fourth-order valence-electron chi connectivity index (χ4n) is 7.37. The van der Waals surface area contributed by atoms with Gasteiger partial charge in [-0.25, -0.2) is 4.79 Å². The molecule has 36 heavy (non-hydrogen) atoms. The van der Waals surface area contributed by atoms with E-state index < -0.39 is 46.8 Å². The van der Waals surface area contributed by atoms with Crippen LogP contribution in [0.2, 0.25) is 0 Å². The molecule has 0 aromatic carbocycles. The molecule has 0 saturated heterocycles. The van der Waals surface area contributed by atoms with Gasteiger partial charge in [0, 0.05) is 42.6 Å². The highest BCUT2D eigenvalue weighted by atomic mass is 16.5. The van der Waals surface area contributed by atoms with Gasteiger partial charge in [0.1, 0.15) is 18.3 Å². The summed E-state index contributed by atoms with van der Waals surface area (Å²) in [5.41, 5.74) is -1.78. The molecule has 4 aliphatic rings. The van der Waals surface area contributed by atoms with Crippen LogP contribution in [0.5, 0.6) is 0 Å². The zero-order valence-corrected chi connectivity index (χ0v) is 22.5. The molecule has 7 nitrogen and oxygen atoms in total. The van der Waals surface area contributed by atoms with Crippen LogP contribution in [-0.2, 0) is 23.9 Å². The molecule has 0 aliphatic heterocycles. The van der Waals surface area contributed by atoms with Gasteiger partial charge in [0.25, 0.3) is 0 Å². The highest BCUT2D eigenvalue weighted by Gasteiger charge is 2.77. The predicted octanol–water partition coefficient (Wildman–Crippen LogP) is 3.68. The molecule has 0 spiro atoms. The number of carbonyl (C=O) groups is 3. The maximum Gasteiger partial charge on any atom is 0.330 e. The summed E-state index contributed by atoms with van der Waals surface area (Å²) < 4.78 is 11.5. The van der Waals surface area contributed by atoms with Crippen molar-refractivity contribution < 1.29 is 34.1 Å². The second-order valence-electron chi connectivity index (χ2n) is 12.2. The van der Waals surface area contributed by atoms with Crippen LogP contribution in [0.1, 0.15) is 67.7 Å². The smallest absolute Gasteiger partial charge is 0.330 e. The standard InChI is InChI=1S/C29H40O7/c1-8-9-21(30)36-25-17(5)29(34)19(23-24(25)27(23,6)7)12-18(14-35-22(31)10-15(2)3)13-28(33)20(29)11-16(4)26(28)32/h10-12,17,19-20,23-25,33-34H,8-9,13-14H2,1-7H3/t17-,19+,20-,23+,24?,25-,28-,29-/m1/s1. The van der Waals surface area contributed by atoms with E-state index in [1.807, 2.05) is 19.9 Å². The average molecular weight is 501 g/mol. The lowest BCUT2D eigenvalue weighted by atomic mass is 9.59. The van der Waals surface area contributed by atoms with Crippen molar-refractivity contribution in [3.63, 3.8) is 0 Å². The third-order valence-electron chi connectivity index (χ3n) is 9.11. The van der Waals surface area contributed by atoms with E-state index in [-0.39, 0.29) is 36.2 Å². The van der Waals surface area contributed by atoms with Gasteiger partial charge in [0.2, 0.25) is 0 Å². The molecule has 0 bridgehead atoms. The van der Waals surface area contributed by atoms with Gasteiger partial charge in [-0.1, -0.05) is 45.4 Å². The molecular weight excluding hydrogens is 460 g/mol. The molecule has 8 atom stereocenters. The fourth-order valence-corrected chi connectivity index (χ4v) is 7.37. The summed E-state index contributed by atoms with van der Waals surface area (Å²) in [6.07, 6.45) is 5.43. The maximum atomic E-state index is 13.3. The number of Topliss-reactive ketones (excluding diaryl/α,β-unsaturated/α-hetero) is 1. The summed E-state index contributed by atoms with van der Waals surface area (Å²) in [4.78, 5) is 38.0. The molecule has 0 amide bonds. The van der Waals surface area contributed by atoms with Crippen LogP contribution < -0.4 is 0 Å². The van der Waals surface area contributed by atoms with Crippen molar-refractivity contribution in [2.24, 2.45) is 35.0 Å². The highest BCUT2D eigenvalue weighted by Crippen LogP contribution is 2.73. The summed E-state index contributed by atoms with van der Waals surface area (Å²) >= 11 is 0. The maximum absolute atomic E-state index is 13.3. The molecule has 0 radical (unpaired) electrons. The molecule has 198 valence electrons. The number of ketones is 1. The number of rotatable bonds is 6. The van der Waals surface area contributed by atoms with Crippen molar-refractivity contribution >= 4 is 17.7 Å². The van der Waals surface area contributed by atoms with Crippen molar-refractivity contribution in [1.82, 2.24) is 0 Å². The minimum Gasteiger partial charge on any atom is -0.462 e. The number of allylic oxidation sites excluding steroid dienone is 1. The van der Waals surface area contributed by atoms with Crippen LogP contribution in [0, 0.1) is 35.0 Å². The normalized spacial score (nSPS) is 40.0. The van der Waals surface area contributed by atoms with E-state index in [0.29, 0.717) is 24.0 Å². The van der Waals surface area contributed by atoms with Crippen molar-refractivity contribution in [2.45, 2.75) is 85.0 Å². The largest absolute Gasteiger partial charge is 0.462 e. The van der Waals surface area contributed by atoms with Crippen molar-refractivity contribution in [2.75, 3.05) is 6.61 Å². The van der Waals surface area contributed by atoms with Crippen LogP contribution in [0.15, 0.2) is 34.9 Å². The van der Waals surface area contributed by atoms with Gasteiger partial charge in [-0.3, -0.25) is 9.59 Å². The Bertz CT molecular complexity index is 1060. The SMILES string of the molecule is CCCC(=O)O[C@H]1C2[C@H]([C@@H]3C=C(COC(=O)C=C(C)C)C[C@]4(O)C(=O)C(C)=C[C@H]4[C@@]3(O)[C@@H]1C)C2(C)C. The van der Waals surface area contributed by atoms with E-state index >= 15 is 0 Å². The third-order valence-corrected chi connectivity index (χ3v) is 9.11. The topological polar surface area (TPSA) is 110 Å². The lowest BCUT2D eigenvalue weighted by molar-refractivity contribution is -0.198. The summed E-state index contributed by atoms with van der Waals surface area (Å²) in [5, 5.41) is 24.4. The molecule has 4 aliphatic carbocycles. The number of esters is 2. The Labute approximate surface area is 213 Å². The first kappa shape index (κ1) is 26.8. The molecule has 0 heterocycles. The molecule has 7 heteroatoms. The lowest BCUT2D eigenvalue weighted by Gasteiger charge is -2.51. The zero-order valence-electron chi connectivity index (χ0n) is 22.5. The van der Waals surface area contributed by atoms with Crippen LogP contribution in [0.3, 0.4) is 0 Å². The van der Waals surface area contributed by atoms with Crippen LogP contribution in [0.25, 0.3) is 0 Å². The molecule has 2 saturated carbocycles. The minimum absolute atomic E-state index is 0.0200. The van der Waals surface area contributed by atoms with E-state index in [2.05, 4.69) is 13.8 Å². The van der Waals surface area contributed by atoms with Gasteiger partial charge in [0.05, 0.1) is 5.60 Å². The van der Waals surface area contributed by atoms with E-state index in [1.54, 1.807) is 26.8 Å². The summed E-state index contributed by atoms with van der Waals surface area (Å²) in [7, 11) is 0. The predicted molar refractivity (Wildman–Crippen MR) is 133 cm³/mol. The monoisotopic (exact) mass is 500 g/mol. The molecule has 4 rings (SSSR count). The Morgan fingerprint density at radius 1 is 1.17 bits per heavy atom. The summed E-state index contributed by atoms with van der Waals surface area (Å²) in [6, 6.07) is 0. The number of ether oxygens (including phenoxy) is 2. The average Bonchev–Trinajstić information content (AvgIpc) is 3.29. The molecule has 2 fully saturated rings. The molecular formula is C29H40O7. The number of hydrogen-bond donors (Lipinski definition) is 2. The van der Waals surface area contributed by atoms with E-state index in [1.165, 1.54) is 6.08 Å². The Kier molecular flexibility index (Phi) is 6.66. The van der Waals surface area contributed by atoms with E-state index in [4.69, 9.17) is 9.47 Å². The third kappa shape index (κ3) is 3.99. The van der Waals surface area contributed by atoms with Crippen LogP contribution >= 0.6 is 0 Å². The van der Waals surface area contributed by atoms with Crippen molar-refractivity contribution in [3.05, 3.63) is 34.9 Å². The van der Waals surface area contributed by atoms with Crippen LogP contribution in [0.4, 0.5) is 0 Å². The number of hydrogen-bond acceptors (Lipinski definition) is 7. The van der Waals surface area contributed by atoms with Crippen molar-refractivity contribution in [1.29, 1.82) is 0 Å². The lowest BCUT2D eigenvalue weighted by Crippen LogP contribution is -2.62. The molecule has 2 N–H and O–H groups in total. The highest BCUT2D eigenvalue weighted by molar-refractivity contribution is 6.04. The second kappa shape index (κ2) is 8.95. The summed E-state index contributed by atoms with van der Waals surface area (Å²) in [6.45, 7) is 13.2. The number of carbonyl (C=O) groups excluding carboxylic acids is 3. The van der Waals surface area contributed by atoms with Crippen LogP contribution in [-0.4, -0.2) is 51.8 Å². The second-order valence-corrected chi connectivity index (χ2v) is 12.2. The molecule has 0 aromatic rings. The molecule has 0 aromatic heterocycles. The van der Waals surface area contributed by atoms with Crippen molar-refractivity contribution in [3.8, 4) is 0 Å². The van der Waals surface area contributed by atoms with Gasteiger partial charge in [-0.2, -0.15) is 0 Å². The Morgan fingerprint density at radius 3 is 2.44 bits per heavy atom. The first-order valence-corrected chi connectivity index (χ1v) is 13.1. The Morgan fingerprint density at radius 2 is 1.83 bits per heavy atom. The Hall–Kier alpha value is -2.25. The van der Waals surface area contributed by atoms with E-state index in [0.717, 1.165) is 5.57 Å². The number of aliphatic hydroxyl groups is 2. The van der Waals surface area contributed by atoms with Gasteiger partial charge in [-0.15, -0.1) is 0 Å². The Balaban J connectivity index is 1.78. The quantitative estimate of drug-likeness (QED) is 0.325.